The molecule has 0 spiro atoms. The van der Waals surface area contributed by atoms with Crippen molar-refractivity contribution in [3.8, 4) is 0 Å². The smallest absolute Gasteiger partial charge is 0.187 e. The lowest BCUT2D eigenvalue weighted by Gasteiger charge is -2.41. The van der Waals surface area contributed by atoms with Crippen LogP contribution < -0.4 is 0 Å². The van der Waals surface area contributed by atoms with E-state index in [9.17, 15) is 30.6 Å². The molecular weight excluding hydrogens is 680 g/mol. The largest absolute Gasteiger partial charge is 0.390 e. The van der Waals surface area contributed by atoms with E-state index in [1.54, 1.807) is 32.9 Å². The quantitative estimate of drug-likeness (QED) is 0.0948. The maximum Gasteiger partial charge on any atom is 0.187 e. The average molecular weight is 747 g/mol. The van der Waals surface area contributed by atoms with Gasteiger partial charge >= 0.3 is 0 Å². The van der Waals surface area contributed by atoms with E-state index in [1.165, 1.54) is 0 Å². The molecule has 0 aromatic rings. The Bertz CT molecular complexity index is 1610. The van der Waals surface area contributed by atoms with Gasteiger partial charge in [-0.15, -0.1) is 0 Å². The topological polar surface area (TPSA) is 140 Å². The van der Waals surface area contributed by atoms with Crippen LogP contribution in [0.15, 0.2) is 142 Å². The molecule has 0 amide bonds. The SMILES string of the molecule is CC(C=CC=C(C)C=CC=C(C)C=CC(OC1OC(C)C(O)C(O)C1O)C(C)(C)O)=CC=CC=C(C)C=CC=C(C)C=CC1=C(C)C(O)C(O)CC1(C)C. The van der Waals surface area contributed by atoms with Gasteiger partial charge < -0.3 is 40.1 Å². The highest BCUT2D eigenvalue weighted by Crippen LogP contribution is 2.41. The van der Waals surface area contributed by atoms with Crippen LogP contribution in [0.3, 0.4) is 0 Å². The first-order valence-electron chi connectivity index (χ1n) is 18.7. The summed E-state index contributed by atoms with van der Waals surface area (Å²) in [5.41, 5.74) is 5.69. The molecule has 8 heteroatoms. The molecule has 1 aliphatic carbocycles. The molecule has 1 heterocycles. The first kappa shape index (κ1) is 46.7. The van der Waals surface area contributed by atoms with Gasteiger partial charge in [0.05, 0.1) is 17.8 Å². The third-order valence-electron chi connectivity index (χ3n) is 9.50. The lowest BCUT2D eigenvalue weighted by Crippen LogP contribution is -2.58. The second-order valence-corrected chi connectivity index (χ2v) is 15.8. The second-order valence-electron chi connectivity index (χ2n) is 15.8. The zero-order chi connectivity index (χ0) is 40.8. The third-order valence-corrected chi connectivity index (χ3v) is 9.50. The standard InChI is InChI=1S/C46H66O8/c1-30(17-12-13-18-31(2)20-15-23-33(4)25-27-37-35(6)40(48)38(47)29-45(37,8)9)19-14-21-32(3)22-16-24-34(5)26-28-39(46(10,11)52)54-44-43(51)42(50)41(49)36(7)53-44/h12-28,36,38-44,47-52H,29H2,1-11H3. The van der Waals surface area contributed by atoms with Gasteiger partial charge in [-0.25, -0.2) is 0 Å². The predicted octanol–water partition coefficient (Wildman–Crippen LogP) is 7.51. The highest BCUT2D eigenvalue weighted by molar-refractivity contribution is 5.39. The summed E-state index contributed by atoms with van der Waals surface area (Å²) in [6, 6.07) is 0. The van der Waals surface area contributed by atoms with Gasteiger partial charge in [0.25, 0.3) is 0 Å². The highest BCUT2D eigenvalue weighted by atomic mass is 16.7. The van der Waals surface area contributed by atoms with E-state index in [0.29, 0.717) is 6.42 Å². The van der Waals surface area contributed by atoms with Gasteiger partial charge in [0.15, 0.2) is 6.29 Å². The second kappa shape index (κ2) is 21.6. The van der Waals surface area contributed by atoms with Crippen LogP contribution in [0.4, 0.5) is 0 Å². The van der Waals surface area contributed by atoms with E-state index in [0.717, 1.165) is 39.0 Å². The number of aliphatic hydroxyl groups excluding tert-OH is 5. The van der Waals surface area contributed by atoms with Crippen molar-refractivity contribution in [2.75, 3.05) is 0 Å². The third kappa shape index (κ3) is 15.4. The summed E-state index contributed by atoms with van der Waals surface area (Å²) < 4.78 is 11.4. The molecular formula is C46H66O8. The fourth-order valence-electron chi connectivity index (χ4n) is 6.00. The van der Waals surface area contributed by atoms with E-state index in [1.807, 2.05) is 95.4 Å². The van der Waals surface area contributed by atoms with Crippen molar-refractivity contribution in [3.63, 3.8) is 0 Å². The summed E-state index contributed by atoms with van der Waals surface area (Å²) in [5, 5.41) is 61.5. The fraction of sp³-hybridized carbons (Fsp3) is 0.478. The molecule has 0 saturated carbocycles. The highest BCUT2D eigenvalue weighted by Gasteiger charge is 2.44. The van der Waals surface area contributed by atoms with Crippen LogP contribution >= 0.6 is 0 Å². The predicted molar refractivity (Wildman–Crippen MR) is 220 cm³/mol. The molecule has 1 saturated heterocycles. The van der Waals surface area contributed by atoms with Crippen LogP contribution in [0.5, 0.6) is 0 Å². The minimum Gasteiger partial charge on any atom is -0.390 e. The Kier molecular flexibility index (Phi) is 18.7. The number of hydrogen-bond donors (Lipinski definition) is 6. The summed E-state index contributed by atoms with van der Waals surface area (Å²) >= 11 is 0. The molecule has 0 aromatic heterocycles. The van der Waals surface area contributed by atoms with Crippen LogP contribution in [0.25, 0.3) is 0 Å². The van der Waals surface area contributed by atoms with E-state index >= 15 is 0 Å². The summed E-state index contributed by atoms with van der Waals surface area (Å²) in [4.78, 5) is 0. The minimum absolute atomic E-state index is 0.198. The van der Waals surface area contributed by atoms with Crippen molar-refractivity contribution >= 4 is 0 Å². The van der Waals surface area contributed by atoms with Gasteiger partial charge in [0.2, 0.25) is 0 Å². The van der Waals surface area contributed by atoms with Crippen LogP contribution in [-0.2, 0) is 9.47 Å². The van der Waals surface area contributed by atoms with E-state index < -0.39 is 54.6 Å². The average Bonchev–Trinajstić information content (AvgIpc) is 3.07. The molecule has 1 fully saturated rings. The molecule has 8 atom stereocenters. The Morgan fingerprint density at radius 2 is 1.15 bits per heavy atom. The lowest BCUT2D eigenvalue weighted by molar-refractivity contribution is -0.309. The zero-order valence-corrected chi connectivity index (χ0v) is 34.1. The molecule has 298 valence electrons. The van der Waals surface area contributed by atoms with Gasteiger partial charge in [-0.05, 0) is 85.3 Å². The summed E-state index contributed by atoms with van der Waals surface area (Å²) in [6.07, 6.45) is 25.9. The normalized spacial score (nSPS) is 29.4. The molecule has 54 heavy (non-hydrogen) atoms. The molecule has 1 aliphatic heterocycles. The first-order valence-corrected chi connectivity index (χ1v) is 18.7. The van der Waals surface area contributed by atoms with Crippen LogP contribution in [-0.4, -0.2) is 85.3 Å². The van der Waals surface area contributed by atoms with Crippen molar-refractivity contribution in [1.29, 1.82) is 0 Å². The van der Waals surface area contributed by atoms with Gasteiger partial charge in [-0.3, -0.25) is 0 Å². The Morgan fingerprint density at radius 1 is 0.704 bits per heavy atom. The van der Waals surface area contributed by atoms with Crippen molar-refractivity contribution in [2.45, 2.75) is 137 Å². The summed E-state index contributed by atoms with van der Waals surface area (Å²) in [6.45, 7) is 20.9. The van der Waals surface area contributed by atoms with E-state index in [2.05, 4.69) is 51.2 Å². The zero-order valence-electron chi connectivity index (χ0n) is 34.1. The van der Waals surface area contributed by atoms with Gasteiger partial charge in [-0.1, -0.05) is 145 Å². The molecule has 0 aromatic carbocycles. The molecule has 8 nitrogen and oxygen atoms in total. The van der Waals surface area contributed by atoms with E-state index in [4.69, 9.17) is 9.47 Å². The van der Waals surface area contributed by atoms with Crippen molar-refractivity contribution in [2.24, 2.45) is 5.41 Å². The van der Waals surface area contributed by atoms with Crippen molar-refractivity contribution < 1.29 is 40.1 Å². The summed E-state index contributed by atoms with van der Waals surface area (Å²) in [7, 11) is 0. The van der Waals surface area contributed by atoms with Gasteiger partial charge in [0.1, 0.15) is 30.5 Å². The Labute approximate surface area is 324 Å². The van der Waals surface area contributed by atoms with Crippen LogP contribution in [0, 0.1) is 5.41 Å². The van der Waals surface area contributed by atoms with E-state index in [-0.39, 0.29) is 5.41 Å². The molecule has 0 radical (unpaired) electrons. The molecule has 8 unspecified atom stereocenters. The molecule has 0 bridgehead atoms. The monoisotopic (exact) mass is 746 g/mol. The maximum absolute atomic E-state index is 10.7. The first-order chi connectivity index (χ1) is 25.1. The number of allylic oxidation sites excluding steroid dienone is 22. The molecule has 6 N–H and O–H groups in total. The maximum atomic E-state index is 10.7. The lowest BCUT2D eigenvalue weighted by atomic mass is 9.70. The number of rotatable bonds is 15. The Hall–Kier alpha value is -3.44. The number of ether oxygens (including phenoxy) is 2. The summed E-state index contributed by atoms with van der Waals surface area (Å²) in [5.74, 6) is 0. The Morgan fingerprint density at radius 3 is 1.63 bits per heavy atom. The van der Waals surface area contributed by atoms with Gasteiger partial charge in [0, 0.05) is 0 Å². The minimum atomic E-state index is -1.46. The number of aliphatic hydroxyl groups is 6. The fourth-order valence-corrected chi connectivity index (χ4v) is 6.00. The molecule has 2 aliphatic rings. The number of hydrogen-bond acceptors (Lipinski definition) is 8. The van der Waals surface area contributed by atoms with Crippen molar-refractivity contribution in [1.82, 2.24) is 0 Å². The van der Waals surface area contributed by atoms with Crippen LogP contribution in [0.1, 0.15) is 82.6 Å². The van der Waals surface area contributed by atoms with Crippen molar-refractivity contribution in [3.05, 3.63) is 142 Å². The Balaban J connectivity index is 1.91. The van der Waals surface area contributed by atoms with Gasteiger partial charge in [-0.2, -0.15) is 0 Å². The van der Waals surface area contributed by atoms with Crippen LogP contribution in [0.2, 0.25) is 0 Å². The molecule has 2 rings (SSSR count).